The third kappa shape index (κ3) is 3.76. The molecule has 0 aliphatic rings. The predicted octanol–water partition coefficient (Wildman–Crippen LogP) is 3.23. The van der Waals surface area contributed by atoms with Crippen molar-refractivity contribution in [1.29, 1.82) is 0 Å². The molecule has 0 fully saturated rings. The van der Waals surface area contributed by atoms with Crippen LogP contribution in [0, 0.1) is 5.82 Å². The molecule has 80 valence electrons. The summed E-state index contributed by atoms with van der Waals surface area (Å²) in [5.74, 6) is -0.789. The Balaban J connectivity index is 2.81. The molecule has 1 aromatic carbocycles. The van der Waals surface area contributed by atoms with Gasteiger partial charge in [-0.25, -0.2) is 4.39 Å². The van der Waals surface area contributed by atoms with Gasteiger partial charge in [-0.2, -0.15) is 0 Å². The summed E-state index contributed by atoms with van der Waals surface area (Å²) in [5.41, 5.74) is 0.267. The topological polar surface area (TPSA) is 29.1 Å². The molecule has 15 heavy (non-hydrogen) atoms. The molecule has 2 nitrogen and oxygen atoms in total. The quantitative estimate of drug-likeness (QED) is 0.902. The van der Waals surface area contributed by atoms with Crippen LogP contribution in [-0.4, -0.2) is 12.5 Å². The Morgan fingerprint density at radius 1 is 1.53 bits per heavy atom. The second-order valence-electron chi connectivity index (χ2n) is 2.82. The van der Waals surface area contributed by atoms with Gasteiger partial charge in [0.1, 0.15) is 5.82 Å². The zero-order chi connectivity index (χ0) is 11.4. The van der Waals surface area contributed by atoms with E-state index in [1.54, 1.807) is 0 Å². The molecule has 0 atom stereocenters. The lowest BCUT2D eigenvalue weighted by molar-refractivity contribution is 0.0956. The van der Waals surface area contributed by atoms with Gasteiger partial charge in [-0.3, -0.25) is 4.79 Å². The smallest absolute Gasteiger partial charge is 0.252 e. The summed E-state index contributed by atoms with van der Waals surface area (Å²) in [6, 6.07) is 3.95. The Kier molecular flexibility index (Phi) is 4.47. The monoisotopic (exact) mass is 335 g/mol. The van der Waals surface area contributed by atoms with Crippen molar-refractivity contribution in [3.63, 3.8) is 0 Å². The first kappa shape index (κ1) is 12.4. The molecule has 0 saturated heterocycles. The molecule has 0 saturated carbocycles. The fourth-order valence-electron chi connectivity index (χ4n) is 0.943. The fraction of sp³-hybridized carbons (Fsp3) is 0.100. The molecule has 0 aromatic heterocycles. The molecule has 0 aliphatic carbocycles. The van der Waals surface area contributed by atoms with Gasteiger partial charge in [0.25, 0.3) is 5.91 Å². The van der Waals surface area contributed by atoms with Crippen molar-refractivity contribution < 1.29 is 9.18 Å². The number of nitrogens with one attached hydrogen (secondary N) is 1. The van der Waals surface area contributed by atoms with Gasteiger partial charge in [-0.15, -0.1) is 0 Å². The highest BCUT2D eigenvalue weighted by atomic mass is 79.9. The van der Waals surface area contributed by atoms with Crippen LogP contribution in [0.25, 0.3) is 0 Å². The van der Waals surface area contributed by atoms with E-state index < -0.39 is 5.82 Å². The van der Waals surface area contributed by atoms with Gasteiger partial charge >= 0.3 is 0 Å². The minimum Gasteiger partial charge on any atom is -0.347 e. The van der Waals surface area contributed by atoms with E-state index >= 15 is 0 Å². The number of benzene rings is 1. The van der Waals surface area contributed by atoms with Gasteiger partial charge < -0.3 is 5.32 Å². The van der Waals surface area contributed by atoms with Crippen molar-refractivity contribution in [2.24, 2.45) is 0 Å². The normalized spacial score (nSPS) is 9.80. The number of hydrogen-bond donors (Lipinski definition) is 1. The molecule has 0 radical (unpaired) electrons. The molecular weight excluding hydrogens is 329 g/mol. The summed E-state index contributed by atoms with van der Waals surface area (Å²) in [6.45, 7) is 3.88. The van der Waals surface area contributed by atoms with Crippen molar-refractivity contribution in [2.75, 3.05) is 6.54 Å². The lowest BCUT2D eigenvalue weighted by Gasteiger charge is -2.05. The molecule has 0 heterocycles. The van der Waals surface area contributed by atoms with Crippen LogP contribution in [-0.2, 0) is 0 Å². The van der Waals surface area contributed by atoms with E-state index in [9.17, 15) is 9.18 Å². The molecule has 1 N–H and O–H groups in total. The first-order chi connectivity index (χ1) is 7.00. The van der Waals surface area contributed by atoms with Gasteiger partial charge in [0, 0.05) is 15.5 Å². The summed E-state index contributed by atoms with van der Waals surface area (Å²) < 4.78 is 14.1. The fourth-order valence-corrected chi connectivity index (χ4v) is 1.51. The summed E-state index contributed by atoms with van der Waals surface area (Å²) in [7, 11) is 0. The second kappa shape index (κ2) is 5.42. The van der Waals surface area contributed by atoms with Crippen LogP contribution in [0.3, 0.4) is 0 Å². The lowest BCUT2D eigenvalue weighted by Crippen LogP contribution is -2.24. The number of amides is 1. The van der Waals surface area contributed by atoms with Gasteiger partial charge in [0.2, 0.25) is 0 Å². The lowest BCUT2D eigenvalue weighted by atomic mass is 10.2. The van der Waals surface area contributed by atoms with Crippen LogP contribution in [0.4, 0.5) is 4.39 Å². The molecule has 1 aromatic rings. The number of hydrogen-bond acceptors (Lipinski definition) is 1. The molecule has 0 spiro atoms. The van der Waals surface area contributed by atoms with E-state index in [-0.39, 0.29) is 11.5 Å². The largest absolute Gasteiger partial charge is 0.347 e. The van der Waals surface area contributed by atoms with Crippen molar-refractivity contribution >= 4 is 37.8 Å². The maximum absolute atomic E-state index is 12.9. The Morgan fingerprint density at radius 3 is 2.80 bits per heavy atom. The molecule has 1 rings (SSSR count). The van der Waals surface area contributed by atoms with Gasteiger partial charge in [0.15, 0.2) is 0 Å². The standard InChI is InChI=1S/C10H8Br2FNO/c1-6(11)5-14-10(15)8-4-7(13)2-3-9(8)12/h2-4H,1,5H2,(H,14,15). The molecule has 5 heteroatoms. The Labute approximate surface area is 104 Å². The molecular formula is C10H8Br2FNO. The van der Waals surface area contributed by atoms with Gasteiger partial charge in [0.05, 0.1) is 5.56 Å². The van der Waals surface area contributed by atoms with Crippen LogP contribution in [0.1, 0.15) is 10.4 Å². The van der Waals surface area contributed by atoms with Gasteiger partial charge in [-0.1, -0.05) is 22.5 Å². The average Bonchev–Trinajstić information content (AvgIpc) is 2.18. The summed E-state index contributed by atoms with van der Waals surface area (Å²) in [5, 5.41) is 2.58. The van der Waals surface area contributed by atoms with E-state index in [0.29, 0.717) is 15.5 Å². The Morgan fingerprint density at radius 2 is 2.20 bits per heavy atom. The van der Waals surface area contributed by atoms with Crippen LogP contribution < -0.4 is 5.32 Å². The van der Waals surface area contributed by atoms with Crippen molar-refractivity contribution in [3.8, 4) is 0 Å². The third-order valence-electron chi connectivity index (χ3n) is 1.61. The maximum atomic E-state index is 12.9. The molecule has 0 bridgehead atoms. The summed E-state index contributed by atoms with van der Waals surface area (Å²) >= 11 is 6.29. The highest BCUT2D eigenvalue weighted by molar-refractivity contribution is 9.11. The van der Waals surface area contributed by atoms with Crippen LogP contribution in [0.2, 0.25) is 0 Å². The molecule has 0 unspecified atom stereocenters. The SMILES string of the molecule is C=C(Br)CNC(=O)c1cc(F)ccc1Br. The van der Waals surface area contributed by atoms with Crippen LogP contribution >= 0.6 is 31.9 Å². The van der Waals surface area contributed by atoms with Crippen LogP contribution in [0.5, 0.6) is 0 Å². The maximum Gasteiger partial charge on any atom is 0.252 e. The highest BCUT2D eigenvalue weighted by Crippen LogP contribution is 2.17. The van der Waals surface area contributed by atoms with Crippen LogP contribution in [0.15, 0.2) is 33.7 Å². The minimum absolute atomic E-state index is 0.267. The Bertz CT molecular complexity index is 406. The number of rotatable bonds is 3. The third-order valence-corrected chi connectivity index (χ3v) is 2.59. The first-order valence-corrected chi connectivity index (χ1v) is 5.66. The summed E-state index contributed by atoms with van der Waals surface area (Å²) in [6.07, 6.45) is 0. The van der Waals surface area contributed by atoms with Crippen molar-refractivity contribution in [2.45, 2.75) is 0 Å². The second-order valence-corrected chi connectivity index (χ2v) is 4.80. The molecule has 1 amide bonds. The van der Waals surface area contributed by atoms with E-state index in [4.69, 9.17) is 0 Å². The van der Waals surface area contributed by atoms with Crippen molar-refractivity contribution in [1.82, 2.24) is 5.32 Å². The highest BCUT2D eigenvalue weighted by Gasteiger charge is 2.10. The first-order valence-electron chi connectivity index (χ1n) is 4.07. The van der Waals surface area contributed by atoms with E-state index in [2.05, 4.69) is 43.8 Å². The zero-order valence-corrected chi connectivity index (χ0v) is 10.9. The number of halogens is 3. The number of carbonyl (C=O) groups excluding carboxylic acids is 1. The number of carbonyl (C=O) groups is 1. The minimum atomic E-state index is -0.444. The van der Waals surface area contributed by atoms with E-state index in [0.717, 1.165) is 0 Å². The van der Waals surface area contributed by atoms with Crippen molar-refractivity contribution in [3.05, 3.63) is 45.1 Å². The Hall–Kier alpha value is -0.680. The summed E-state index contributed by atoms with van der Waals surface area (Å²) in [4.78, 5) is 11.6. The van der Waals surface area contributed by atoms with Gasteiger partial charge in [-0.05, 0) is 34.1 Å². The average molecular weight is 337 g/mol. The zero-order valence-electron chi connectivity index (χ0n) is 7.69. The molecule has 0 aliphatic heterocycles. The predicted molar refractivity (Wildman–Crippen MR) is 64.5 cm³/mol. The van der Waals surface area contributed by atoms with E-state index in [1.165, 1.54) is 18.2 Å². The van der Waals surface area contributed by atoms with E-state index in [1.807, 2.05) is 0 Å².